The molecule has 1 aromatic rings. The van der Waals surface area contributed by atoms with Crippen LogP contribution in [0.25, 0.3) is 0 Å². The summed E-state index contributed by atoms with van der Waals surface area (Å²) in [7, 11) is 1.60. The first-order chi connectivity index (χ1) is 6.22. The Morgan fingerprint density at radius 2 is 2.31 bits per heavy atom. The van der Waals surface area contributed by atoms with E-state index in [1.807, 2.05) is 24.3 Å². The van der Waals surface area contributed by atoms with Crippen molar-refractivity contribution in [3.05, 3.63) is 33.4 Å². The number of benzene rings is 1. The van der Waals surface area contributed by atoms with Crippen LogP contribution in [0.5, 0.6) is 0 Å². The highest BCUT2D eigenvalue weighted by Gasteiger charge is 1.96. The molecule has 70 valence electrons. The molecule has 0 unspecified atom stereocenters. The minimum Gasteiger partial charge on any atom is -0.341 e. The Kier molecular flexibility index (Phi) is 4.01. The van der Waals surface area contributed by atoms with E-state index in [2.05, 4.69) is 33.2 Å². The molecule has 4 heteroatoms. The van der Waals surface area contributed by atoms with Crippen molar-refractivity contribution < 1.29 is 4.79 Å². The standard InChI is InChI=1S/C9H11IN2O/c1-11-9(13)12-6-7-3-2-4-8(10)5-7/h2-5H,6H2,1H3,(H2,11,12,13). The molecule has 13 heavy (non-hydrogen) atoms. The SMILES string of the molecule is CNC(=O)NCc1cccc(I)c1. The van der Waals surface area contributed by atoms with Crippen molar-refractivity contribution in [2.24, 2.45) is 0 Å². The van der Waals surface area contributed by atoms with Gasteiger partial charge in [-0.05, 0) is 40.3 Å². The Bertz CT molecular complexity index is 301. The second-order valence-corrected chi connectivity index (χ2v) is 3.81. The monoisotopic (exact) mass is 290 g/mol. The normalized spacial score (nSPS) is 9.38. The van der Waals surface area contributed by atoms with Crippen molar-refractivity contribution >= 4 is 28.6 Å². The molecule has 0 aromatic heterocycles. The lowest BCUT2D eigenvalue weighted by molar-refractivity contribution is 0.242. The molecule has 0 aliphatic rings. The molecule has 2 amide bonds. The molecule has 0 fully saturated rings. The summed E-state index contributed by atoms with van der Waals surface area (Å²) < 4.78 is 1.17. The second kappa shape index (κ2) is 5.06. The van der Waals surface area contributed by atoms with E-state index < -0.39 is 0 Å². The summed E-state index contributed by atoms with van der Waals surface area (Å²) >= 11 is 2.24. The number of urea groups is 1. The number of halogens is 1. The molecule has 0 saturated carbocycles. The topological polar surface area (TPSA) is 41.1 Å². The van der Waals surface area contributed by atoms with Crippen molar-refractivity contribution in [2.75, 3.05) is 7.05 Å². The first kappa shape index (κ1) is 10.3. The van der Waals surface area contributed by atoms with E-state index >= 15 is 0 Å². The summed E-state index contributed by atoms with van der Waals surface area (Å²) in [6.07, 6.45) is 0. The fourth-order valence-electron chi connectivity index (χ4n) is 0.918. The van der Waals surface area contributed by atoms with E-state index in [9.17, 15) is 4.79 Å². The molecule has 0 aliphatic heterocycles. The quantitative estimate of drug-likeness (QED) is 0.800. The van der Waals surface area contributed by atoms with Crippen molar-refractivity contribution in [1.29, 1.82) is 0 Å². The van der Waals surface area contributed by atoms with Gasteiger partial charge in [0.15, 0.2) is 0 Å². The van der Waals surface area contributed by atoms with Crippen LogP contribution in [-0.4, -0.2) is 13.1 Å². The Balaban J connectivity index is 2.50. The van der Waals surface area contributed by atoms with Gasteiger partial charge in [0.05, 0.1) is 0 Å². The zero-order valence-electron chi connectivity index (χ0n) is 7.30. The van der Waals surface area contributed by atoms with Gasteiger partial charge in [0.25, 0.3) is 0 Å². The van der Waals surface area contributed by atoms with Crippen molar-refractivity contribution in [3.8, 4) is 0 Å². The van der Waals surface area contributed by atoms with Crippen LogP contribution in [0.2, 0.25) is 0 Å². The van der Waals surface area contributed by atoms with Gasteiger partial charge < -0.3 is 10.6 Å². The molecule has 0 aliphatic carbocycles. The second-order valence-electron chi connectivity index (χ2n) is 2.56. The highest BCUT2D eigenvalue weighted by atomic mass is 127. The summed E-state index contributed by atoms with van der Waals surface area (Å²) in [5, 5.41) is 5.22. The van der Waals surface area contributed by atoms with E-state index in [1.54, 1.807) is 7.05 Å². The Labute approximate surface area is 91.0 Å². The highest BCUT2D eigenvalue weighted by molar-refractivity contribution is 14.1. The molecule has 0 radical (unpaired) electrons. The summed E-state index contributed by atoms with van der Waals surface area (Å²) in [6, 6.07) is 7.86. The van der Waals surface area contributed by atoms with Crippen LogP contribution in [-0.2, 0) is 6.54 Å². The maximum atomic E-state index is 10.8. The van der Waals surface area contributed by atoms with Crippen molar-refractivity contribution in [3.63, 3.8) is 0 Å². The molecule has 0 heterocycles. The molecule has 1 aromatic carbocycles. The van der Waals surface area contributed by atoms with Gasteiger partial charge in [-0.1, -0.05) is 12.1 Å². The molecule has 0 bridgehead atoms. The molecular weight excluding hydrogens is 279 g/mol. The molecule has 0 saturated heterocycles. The van der Waals surface area contributed by atoms with Crippen LogP contribution < -0.4 is 10.6 Å². The van der Waals surface area contributed by atoms with Crippen LogP contribution in [0.4, 0.5) is 4.79 Å². The van der Waals surface area contributed by atoms with Crippen LogP contribution in [0.15, 0.2) is 24.3 Å². The number of hydrogen-bond acceptors (Lipinski definition) is 1. The molecule has 1 rings (SSSR count). The average molecular weight is 290 g/mol. The predicted molar refractivity (Wildman–Crippen MR) is 60.5 cm³/mol. The Morgan fingerprint density at radius 1 is 1.54 bits per heavy atom. The number of hydrogen-bond donors (Lipinski definition) is 2. The van der Waals surface area contributed by atoms with E-state index in [1.165, 1.54) is 3.57 Å². The van der Waals surface area contributed by atoms with Crippen LogP contribution in [0, 0.1) is 3.57 Å². The largest absolute Gasteiger partial charge is 0.341 e. The maximum absolute atomic E-state index is 10.8. The van der Waals surface area contributed by atoms with Gasteiger partial charge in [-0.2, -0.15) is 0 Å². The number of amides is 2. The first-order valence-electron chi connectivity index (χ1n) is 3.92. The molecule has 3 nitrogen and oxygen atoms in total. The summed E-state index contributed by atoms with van der Waals surface area (Å²) in [5.41, 5.74) is 1.11. The summed E-state index contributed by atoms with van der Waals surface area (Å²) in [6.45, 7) is 0.566. The number of carbonyl (C=O) groups excluding carboxylic acids is 1. The third-order valence-corrected chi connectivity index (χ3v) is 2.24. The summed E-state index contributed by atoms with van der Waals surface area (Å²) in [5.74, 6) is 0. The lowest BCUT2D eigenvalue weighted by atomic mass is 10.2. The third kappa shape index (κ3) is 3.63. The number of nitrogens with one attached hydrogen (secondary N) is 2. The zero-order valence-corrected chi connectivity index (χ0v) is 9.46. The minimum absolute atomic E-state index is 0.154. The van der Waals surface area contributed by atoms with Gasteiger partial charge in [-0.25, -0.2) is 4.79 Å². The van der Waals surface area contributed by atoms with Gasteiger partial charge in [0, 0.05) is 17.2 Å². The van der Waals surface area contributed by atoms with Gasteiger partial charge in [0.2, 0.25) is 0 Å². The highest BCUT2D eigenvalue weighted by Crippen LogP contribution is 2.06. The zero-order chi connectivity index (χ0) is 9.68. The van der Waals surface area contributed by atoms with Gasteiger partial charge in [-0.15, -0.1) is 0 Å². The smallest absolute Gasteiger partial charge is 0.314 e. The Hall–Kier alpha value is -0.780. The lowest BCUT2D eigenvalue weighted by Crippen LogP contribution is -2.32. The van der Waals surface area contributed by atoms with Gasteiger partial charge >= 0.3 is 6.03 Å². The minimum atomic E-state index is -0.154. The Morgan fingerprint density at radius 3 is 2.92 bits per heavy atom. The third-order valence-electron chi connectivity index (χ3n) is 1.57. The van der Waals surface area contributed by atoms with E-state index in [0.29, 0.717) is 6.54 Å². The molecule has 0 atom stereocenters. The molecule has 0 spiro atoms. The maximum Gasteiger partial charge on any atom is 0.314 e. The van der Waals surface area contributed by atoms with Crippen LogP contribution >= 0.6 is 22.6 Å². The lowest BCUT2D eigenvalue weighted by Gasteiger charge is -2.04. The van der Waals surface area contributed by atoms with Gasteiger partial charge in [0.1, 0.15) is 0 Å². The van der Waals surface area contributed by atoms with Crippen molar-refractivity contribution in [1.82, 2.24) is 10.6 Å². The molecule has 2 N–H and O–H groups in total. The number of carbonyl (C=O) groups is 1. The average Bonchev–Trinajstić information content (AvgIpc) is 2.14. The van der Waals surface area contributed by atoms with E-state index in [0.717, 1.165) is 5.56 Å². The van der Waals surface area contributed by atoms with E-state index in [-0.39, 0.29) is 6.03 Å². The predicted octanol–water partition coefficient (Wildman–Crippen LogP) is 1.72. The van der Waals surface area contributed by atoms with E-state index in [4.69, 9.17) is 0 Å². The van der Waals surface area contributed by atoms with Crippen LogP contribution in [0.3, 0.4) is 0 Å². The fourth-order valence-corrected chi connectivity index (χ4v) is 1.53. The van der Waals surface area contributed by atoms with Gasteiger partial charge in [-0.3, -0.25) is 0 Å². The van der Waals surface area contributed by atoms with Crippen molar-refractivity contribution in [2.45, 2.75) is 6.54 Å². The fraction of sp³-hybridized carbons (Fsp3) is 0.222. The molecular formula is C9H11IN2O. The first-order valence-corrected chi connectivity index (χ1v) is 5.00. The number of rotatable bonds is 2. The summed E-state index contributed by atoms with van der Waals surface area (Å²) in [4.78, 5) is 10.8. The van der Waals surface area contributed by atoms with Crippen LogP contribution in [0.1, 0.15) is 5.56 Å².